The molecule has 0 amide bonds. The zero-order valence-corrected chi connectivity index (χ0v) is 13.0. The third-order valence-corrected chi connectivity index (χ3v) is 2.93. The molecule has 0 saturated heterocycles. The summed E-state index contributed by atoms with van der Waals surface area (Å²) in [5.74, 6) is -0.0894. The molecule has 0 spiro atoms. The van der Waals surface area contributed by atoms with E-state index < -0.39 is 11.5 Å². The first kappa shape index (κ1) is 16.2. The van der Waals surface area contributed by atoms with E-state index in [-0.39, 0.29) is 6.10 Å². The summed E-state index contributed by atoms with van der Waals surface area (Å²) in [6.07, 6.45) is -0.000268. The molecule has 6 nitrogen and oxygen atoms in total. The number of carbonyl (C=O) groups is 1. The first-order valence-electron chi connectivity index (χ1n) is 6.71. The van der Waals surface area contributed by atoms with Gasteiger partial charge in [0.1, 0.15) is 5.54 Å². The number of anilines is 1. The number of aryl methyl sites for hydroxylation is 1. The highest BCUT2D eigenvalue weighted by Crippen LogP contribution is 2.23. The van der Waals surface area contributed by atoms with E-state index in [1.807, 2.05) is 27.7 Å². The van der Waals surface area contributed by atoms with Crippen molar-refractivity contribution < 1.29 is 14.6 Å². The first-order valence-corrected chi connectivity index (χ1v) is 6.71. The second-order valence-corrected chi connectivity index (χ2v) is 5.42. The van der Waals surface area contributed by atoms with Gasteiger partial charge in [-0.1, -0.05) is 0 Å². The summed E-state index contributed by atoms with van der Waals surface area (Å²) in [5, 5.41) is 9.36. The normalized spacial score (nSPS) is 11.6. The molecule has 20 heavy (non-hydrogen) atoms. The molecule has 0 aromatic carbocycles. The predicted octanol–water partition coefficient (Wildman–Crippen LogP) is 2.26. The van der Waals surface area contributed by atoms with Gasteiger partial charge in [0.05, 0.1) is 6.10 Å². The van der Waals surface area contributed by atoms with Gasteiger partial charge in [0.2, 0.25) is 11.8 Å². The summed E-state index contributed by atoms with van der Waals surface area (Å²) in [6, 6.07) is 1.74. The number of rotatable bonds is 6. The molecule has 0 aliphatic heterocycles. The largest absolute Gasteiger partial charge is 0.480 e. The standard InChI is InChI=1S/C14H23N3O3/c1-7-17(14(5,6)12(18)19)13-15-10(4)8-11(16-13)20-9(2)3/h8-9H,7H2,1-6H3,(H,18,19). The van der Waals surface area contributed by atoms with Gasteiger partial charge in [-0.15, -0.1) is 0 Å². The van der Waals surface area contributed by atoms with Gasteiger partial charge in [-0.05, 0) is 41.5 Å². The van der Waals surface area contributed by atoms with E-state index in [1.54, 1.807) is 24.8 Å². The molecule has 0 fully saturated rings. The minimum atomic E-state index is -1.09. The number of hydrogen-bond acceptors (Lipinski definition) is 5. The van der Waals surface area contributed by atoms with Gasteiger partial charge >= 0.3 is 5.97 Å². The third kappa shape index (κ3) is 3.59. The summed E-state index contributed by atoms with van der Waals surface area (Å²) >= 11 is 0. The highest BCUT2D eigenvalue weighted by atomic mass is 16.5. The topological polar surface area (TPSA) is 75.5 Å². The van der Waals surface area contributed by atoms with Gasteiger partial charge < -0.3 is 14.7 Å². The van der Waals surface area contributed by atoms with Crippen LogP contribution in [-0.2, 0) is 4.79 Å². The van der Waals surface area contributed by atoms with Crippen molar-refractivity contribution in [3.63, 3.8) is 0 Å². The molecule has 0 saturated carbocycles. The Morgan fingerprint density at radius 2 is 2.05 bits per heavy atom. The van der Waals surface area contributed by atoms with Crippen molar-refractivity contribution >= 4 is 11.9 Å². The highest BCUT2D eigenvalue weighted by molar-refractivity contribution is 5.81. The molecule has 0 aliphatic carbocycles. The fourth-order valence-corrected chi connectivity index (χ4v) is 1.85. The van der Waals surface area contributed by atoms with Crippen LogP contribution in [0.15, 0.2) is 6.07 Å². The van der Waals surface area contributed by atoms with E-state index in [0.717, 1.165) is 5.69 Å². The molecule has 1 aromatic rings. The number of aliphatic carboxylic acids is 1. The Hall–Kier alpha value is -1.85. The average Bonchev–Trinajstić information content (AvgIpc) is 2.27. The predicted molar refractivity (Wildman–Crippen MR) is 77.3 cm³/mol. The SMILES string of the molecule is CCN(c1nc(C)cc(OC(C)C)n1)C(C)(C)C(=O)O. The molecule has 1 aromatic heterocycles. The van der Waals surface area contributed by atoms with Crippen LogP contribution in [0, 0.1) is 6.92 Å². The Balaban J connectivity index is 3.22. The molecular formula is C14H23N3O3. The number of carboxylic acid groups (broad SMARTS) is 1. The van der Waals surface area contributed by atoms with Crippen molar-refractivity contribution in [1.29, 1.82) is 0 Å². The van der Waals surface area contributed by atoms with Crippen LogP contribution in [0.2, 0.25) is 0 Å². The lowest BCUT2D eigenvalue weighted by Gasteiger charge is -2.34. The Bertz CT molecular complexity index is 487. The van der Waals surface area contributed by atoms with Crippen LogP contribution in [0.25, 0.3) is 0 Å². The smallest absolute Gasteiger partial charge is 0.329 e. The molecule has 1 N–H and O–H groups in total. The molecule has 0 radical (unpaired) electrons. The van der Waals surface area contributed by atoms with E-state index in [1.165, 1.54) is 0 Å². The fourth-order valence-electron chi connectivity index (χ4n) is 1.85. The zero-order valence-electron chi connectivity index (χ0n) is 13.0. The number of likely N-dealkylation sites (N-methyl/N-ethyl adjacent to an activating group) is 1. The molecule has 6 heteroatoms. The van der Waals surface area contributed by atoms with Crippen molar-refractivity contribution in [2.24, 2.45) is 0 Å². The number of ether oxygens (including phenoxy) is 1. The summed E-state index contributed by atoms with van der Waals surface area (Å²) in [5.41, 5.74) is -0.345. The van der Waals surface area contributed by atoms with Gasteiger partial charge in [-0.25, -0.2) is 9.78 Å². The van der Waals surface area contributed by atoms with Gasteiger partial charge in [0.25, 0.3) is 0 Å². The van der Waals surface area contributed by atoms with Gasteiger partial charge in [0.15, 0.2) is 0 Å². The zero-order chi connectivity index (χ0) is 15.5. The average molecular weight is 281 g/mol. The quantitative estimate of drug-likeness (QED) is 0.862. The summed E-state index contributed by atoms with van der Waals surface area (Å²) in [4.78, 5) is 21.7. The van der Waals surface area contributed by atoms with Gasteiger partial charge in [0, 0.05) is 18.3 Å². The third-order valence-electron chi connectivity index (χ3n) is 2.93. The first-order chi connectivity index (χ1) is 9.18. The number of carboxylic acids is 1. The second kappa shape index (κ2) is 6.07. The Labute approximate surface area is 119 Å². The molecule has 1 heterocycles. The van der Waals surface area contributed by atoms with Crippen molar-refractivity contribution in [2.45, 2.75) is 53.2 Å². The fraction of sp³-hybridized carbons (Fsp3) is 0.643. The van der Waals surface area contributed by atoms with E-state index in [4.69, 9.17) is 4.74 Å². The molecule has 1 rings (SSSR count). The number of hydrogen-bond donors (Lipinski definition) is 1. The van der Waals surface area contributed by atoms with Crippen LogP contribution in [0.3, 0.4) is 0 Å². The molecule has 0 atom stereocenters. The van der Waals surface area contributed by atoms with Crippen molar-refractivity contribution in [3.8, 4) is 5.88 Å². The lowest BCUT2D eigenvalue weighted by Crippen LogP contribution is -2.51. The number of aromatic nitrogens is 2. The number of nitrogens with zero attached hydrogens (tertiary/aromatic N) is 3. The molecular weight excluding hydrogens is 258 g/mol. The minimum Gasteiger partial charge on any atom is -0.480 e. The maximum Gasteiger partial charge on any atom is 0.329 e. The maximum atomic E-state index is 11.4. The molecule has 0 unspecified atom stereocenters. The van der Waals surface area contributed by atoms with E-state index in [9.17, 15) is 9.90 Å². The van der Waals surface area contributed by atoms with Crippen LogP contribution in [-0.4, -0.2) is 39.2 Å². The van der Waals surface area contributed by atoms with Gasteiger partial charge in [-0.2, -0.15) is 4.98 Å². The van der Waals surface area contributed by atoms with Crippen LogP contribution in [0.5, 0.6) is 5.88 Å². The second-order valence-electron chi connectivity index (χ2n) is 5.42. The Morgan fingerprint density at radius 1 is 1.45 bits per heavy atom. The van der Waals surface area contributed by atoms with E-state index in [0.29, 0.717) is 18.4 Å². The molecule has 112 valence electrons. The van der Waals surface area contributed by atoms with E-state index in [2.05, 4.69) is 9.97 Å². The van der Waals surface area contributed by atoms with Crippen molar-refractivity contribution in [3.05, 3.63) is 11.8 Å². The Kier molecular flexibility index (Phi) is 4.92. The summed E-state index contributed by atoms with van der Waals surface area (Å²) in [7, 11) is 0. The maximum absolute atomic E-state index is 11.4. The van der Waals surface area contributed by atoms with E-state index >= 15 is 0 Å². The van der Waals surface area contributed by atoms with Crippen molar-refractivity contribution in [2.75, 3.05) is 11.4 Å². The van der Waals surface area contributed by atoms with Crippen LogP contribution in [0.1, 0.15) is 40.3 Å². The monoisotopic (exact) mass is 281 g/mol. The highest BCUT2D eigenvalue weighted by Gasteiger charge is 2.35. The minimum absolute atomic E-state index is 0.000268. The van der Waals surface area contributed by atoms with Crippen LogP contribution in [0.4, 0.5) is 5.95 Å². The van der Waals surface area contributed by atoms with Crippen molar-refractivity contribution in [1.82, 2.24) is 9.97 Å². The summed E-state index contributed by atoms with van der Waals surface area (Å²) in [6.45, 7) is 11.3. The van der Waals surface area contributed by atoms with Crippen LogP contribution < -0.4 is 9.64 Å². The lowest BCUT2D eigenvalue weighted by molar-refractivity contribution is -0.142. The van der Waals surface area contributed by atoms with Gasteiger partial charge in [-0.3, -0.25) is 0 Å². The Morgan fingerprint density at radius 3 is 2.50 bits per heavy atom. The lowest BCUT2D eigenvalue weighted by atomic mass is 10.0. The summed E-state index contributed by atoms with van der Waals surface area (Å²) < 4.78 is 5.58. The molecule has 0 aliphatic rings. The molecule has 0 bridgehead atoms. The van der Waals surface area contributed by atoms with Crippen LogP contribution >= 0.6 is 0 Å².